The van der Waals surface area contributed by atoms with Gasteiger partial charge in [-0.25, -0.2) is 0 Å². The summed E-state index contributed by atoms with van der Waals surface area (Å²) in [6, 6.07) is 10.2. The second-order valence-corrected chi connectivity index (χ2v) is 6.11. The molecule has 0 aromatic heterocycles. The van der Waals surface area contributed by atoms with Crippen molar-refractivity contribution in [3.05, 3.63) is 30.3 Å². The maximum Gasteiger partial charge on any atom is 0.0492 e. The predicted octanol–water partition coefficient (Wildman–Crippen LogP) is 2.80. The van der Waals surface area contributed by atoms with Crippen LogP contribution < -0.4 is 0 Å². The number of hydrogen-bond acceptors (Lipinski definition) is 3. The number of aliphatic hydroxyl groups excluding tert-OH is 2. The van der Waals surface area contributed by atoms with Gasteiger partial charge in [-0.1, -0.05) is 32.0 Å². The van der Waals surface area contributed by atoms with Crippen molar-refractivity contribution in [3.63, 3.8) is 0 Å². The lowest BCUT2D eigenvalue weighted by molar-refractivity contribution is 0.116. The Labute approximate surface area is 108 Å². The second kappa shape index (κ2) is 7.04. The third-order valence-corrected chi connectivity index (χ3v) is 4.31. The summed E-state index contributed by atoms with van der Waals surface area (Å²) in [4.78, 5) is 1.23. The fraction of sp³-hybridized carbons (Fsp3) is 0.571. The highest BCUT2D eigenvalue weighted by molar-refractivity contribution is 7.99. The molecule has 0 fully saturated rings. The summed E-state index contributed by atoms with van der Waals surface area (Å²) >= 11 is 1.76. The molecule has 0 radical (unpaired) electrons. The Morgan fingerprint density at radius 2 is 1.88 bits per heavy atom. The van der Waals surface area contributed by atoms with Crippen LogP contribution in [0, 0.1) is 11.3 Å². The van der Waals surface area contributed by atoms with Gasteiger partial charge in [0, 0.05) is 29.3 Å². The smallest absolute Gasteiger partial charge is 0.0492 e. The number of aliphatic hydroxyl groups is 2. The van der Waals surface area contributed by atoms with Crippen LogP contribution in [-0.2, 0) is 0 Å². The Bertz CT molecular complexity index is 315. The lowest BCUT2D eigenvalue weighted by Gasteiger charge is -2.29. The van der Waals surface area contributed by atoms with Crippen LogP contribution in [0.25, 0.3) is 0 Å². The number of benzene rings is 1. The van der Waals surface area contributed by atoms with Crippen LogP contribution >= 0.6 is 11.8 Å². The fourth-order valence-electron chi connectivity index (χ4n) is 1.85. The molecule has 0 bridgehead atoms. The number of thioether (sulfide) groups is 1. The largest absolute Gasteiger partial charge is 0.396 e. The first-order chi connectivity index (χ1) is 8.09. The summed E-state index contributed by atoms with van der Waals surface area (Å²) in [5.41, 5.74) is -0.122. The van der Waals surface area contributed by atoms with Crippen LogP contribution in [0.4, 0.5) is 0 Å². The molecule has 0 aliphatic heterocycles. The van der Waals surface area contributed by atoms with Gasteiger partial charge in [0.25, 0.3) is 0 Å². The van der Waals surface area contributed by atoms with Crippen LogP contribution in [-0.4, -0.2) is 29.2 Å². The highest BCUT2D eigenvalue weighted by atomic mass is 32.2. The Kier molecular flexibility index (Phi) is 6.03. The molecule has 1 rings (SSSR count). The highest BCUT2D eigenvalue weighted by Gasteiger charge is 2.25. The first-order valence-electron chi connectivity index (χ1n) is 5.99. The number of hydrogen-bond donors (Lipinski definition) is 2. The Morgan fingerprint density at radius 1 is 1.24 bits per heavy atom. The first kappa shape index (κ1) is 14.6. The molecular formula is C14H22O2S. The van der Waals surface area contributed by atoms with E-state index in [9.17, 15) is 5.11 Å². The van der Waals surface area contributed by atoms with Gasteiger partial charge in [-0.2, -0.15) is 0 Å². The zero-order chi connectivity index (χ0) is 12.7. The van der Waals surface area contributed by atoms with Crippen LogP contribution in [0.1, 0.15) is 20.3 Å². The van der Waals surface area contributed by atoms with E-state index in [4.69, 9.17) is 5.11 Å². The molecule has 3 heteroatoms. The highest BCUT2D eigenvalue weighted by Crippen LogP contribution is 2.32. The average molecular weight is 254 g/mol. The van der Waals surface area contributed by atoms with E-state index in [1.165, 1.54) is 4.90 Å². The van der Waals surface area contributed by atoms with Gasteiger partial charge in [-0.3, -0.25) is 0 Å². The van der Waals surface area contributed by atoms with Crippen LogP contribution in [0.15, 0.2) is 35.2 Å². The van der Waals surface area contributed by atoms with Crippen molar-refractivity contribution < 1.29 is 10.2 Å². The SMILES string of the molecule is C[C@H](CO)CC(C)(CO)CSc1ccccc1. The normalized spacial score (nSPS) is 16.5. The third kappa shape index (κ3) is 5.11. The molecule has 0 aliphatic rings. The predicted molar refractivity (Wildman–Crippen MR) is 73.2 cm³/mol. The van der Waals surface area contributed by atoms with Gasteiger partial charge in [0.1, 0.15) is 0 Å². The molecule has 1 unspecified atom stereocenters. The van der Waals surface area contributed by atoms with Crippen LogP contribution in [0.2, 0.25) is 0 Å². The quantitative estimate of drug-likeness (QED) is 0.735. The van der Waals surface area contributed by atoms with E-state index in [1.54, 1.807) is 11.8 Å². The van der Waals surface area contributed by atoms with Crippen LogP contribution in [0.3, 0.4) is 0 Å². The first-order valence-corrected chi connectivity index (χ1v) is 6.98. The van der Waals surface area contributed by atoms with E-state index >= 15 is 0 Å². The summed E-state index contributed by atoms with van der Waals surface area (Å²) in [5, 5.41) is 18.6. The fourth-order valence-corrected chi connectivity index (χ4v) is 2.92. The minimum atomic E-state index is -0.122. The van der Waals surface area contributed by atoms with E-state index in [-0.39, 0.29) is 24.5 Å². The summed E-state index contributed by atoms with van der Waals surface area (Å²) in [6.07, 6.45) is 0.847. The van der Waals surface area contributed by atoms with Gasteiger partial charge in [0.15, 0.2) is 0 Å². The third-order valence-electron chi connectivity index (χ3n) is 2.87. The van der Waals surface area contributed by atoms with Gasteiger partial charge >= 0.3 is 0 Å². The lowest BCUT2D eigenvalue weighted by Crippen LogP contribution is -2.28. The second-order valence-electron chi connectivity index (χ2n) is 5.06. The molecule has 0 amide bonds. The van der Waals surface area contributed by atoms with E-state index in [0.29, 0.717) is 0 Å². The molecule has 0 heterocycles. The Balaban J connectivity index is 2.51. The molecule has 2 atom stereocenters. The zero-order valence-corrected chi connectivity index (χ0v) is 11.4. The summed E-state index contributed by atoms with van der Waals surface area (Å²) in [5.74, 6) is 1.11. The van der Waals surface area contributed by atoms with E-state index in [2.05, 4.69) is 19.1 Å². The standard InChI is InChI=1S/C14H22O2S/c1-12(9-15)8-14(2,10-16)11-17-13-6-4-3-5-7-13/h3-7,12,15-16H,8-11H2,1-2H3/t12-,14?/m0/s1. The molecule has 0 saturated heterocycles. The van der Waals surface area contributed by atoms with Gasteiger partial charge in [0.05, 0.1) is 0 Å². The van der Waals surface area contributed by atoms with Crippen molar-refractivity contribution in [3.8, 4) is 0 Å². The zero-order valence-electron chi connectivity index (χ0n) is 10.6. The van der Waals surface area contributed by atoms with Crippen molar-refractivity contribution in [2.24, 2.45) is 11.3 Å². The number of rotatable bonds is 7. The maximum atomic E-state index is 9.51. The lowest BCUT2D eigenvalue weighted by atomic mass is 9.84. The summed E-state index contributed by atoms with van der Waals surface area (Å²) < 4.78 is 0. The molecular weight excluding hydrogens is 232 g/mol. The summed E-state index contributed by atoms with van der Waals surface area (Å²) in [7, 11) is 0. The maximum absolute atomic E-state index is 9.51. The molecule has 0 saturated carbocycles. The van der Waals surface area contributed by atoms with Crippen LogP contribution in [0.5, 0.6) is 0 Å². The van der Waals surface area contributed by atoms with Crippen molar-refractivity contribution in [2.75, 3.05) is 19.0 Å². The van der Waals surface area contributed by atoms with Crippen molar-refractivity contribution in [1.82, 2.24) is 0 Å². The van der Waals surface area contributed by atoms with Gasteiger partial charge < -0.3 is 10.2 Å². The molecule has 96 valence electrons. The van der Waals surface area contributed by atoms with Crippen molar-refractivity contribution in [1.29, 1.82) is 0 Å². The molecule has 0 aliphatic carbocycles. The molecule has 17 heavy (non-hydrogen) atoms. The van der Waals surface area contributed by atoms with Gasteiger partial charge in [-0.05, 0) is 24.5 Å². The Morgan fingerprint density at radius 3 is 2.41 bits per heavy atom. The van der Waals surface area contributed by atoms with Gasteiger partial charge in [-0.15, -0.1) is 11.8 Å². The molecule has 0 spiro atoms. The van der Waals surface area contributed by atoms with Gasteiger partial charge in [0.2, 0.25) is 0 Å². The topological polar surface area (TPSA) is 40.5 Å². The minimum Gasteiger partial charge on any atom is -0.396 e. The molecule has 2 N–H and O–H groups in total. The van der Waals surface area contributed by atoms with E-state index in [0.717, 1.165) is 12.2 Å². The molecule has 1 aromatic carbocycles. The Hall–Kier alpha value is -0.510. The average Bonchev–Trinajstić information content (AvgIpc) is 2.37. The molecule has 1 aromatic rings. The monoisotopic (exact) mass is 254 g/mol. The van der Waals surface area contributed by atoms with E-state index < -0.39 is 0 Å². The molecule has 2 nitrogen and oxygen atoms in total. The summed E-state index contributed by atoms with van der Waals surface area (Å²) in [6.45, 7) is 4.44. The van der Waals surface area contributed by atoms with E-state index in [1.807, 2.05) is 25.1 Å². The minimum absolute atomic E-state index is 0.122. The van der Waals surface area contributed by atoms with Crippen molar-refractivity contribution >= 4 is 11.8 Å². The van der Waals surface area contributed by atoms with Crippen molar-refractivity contribution in [2.45, 2.75) is 25.2 Å².